The number of likely N-dealkylation sites (tertiary alicyclic amines) is 1. The molecule has 3 rings (SSSR count). The molecular weight excluding hydrogens is 335 g/mol. The Morgan fingerprint density at radius 2 is 2.20 bits per heavy atom. The molecule has 1 saturated heterocycles. The van der Waals surface area contributed by atoms with E-state index in [-0.39, 0.29) is 0 Å². The maximum absolute atomic E-state index is 13.3. The average Bonchev–Trinajstić information content (AvgIpc) is 3.21. The third-order valence-corrected chi connectivity index (χ3v) is 5.56. The van der Waals surface area contributed by atoms with Crippen molar-refractivity contribution in [3.8, 4) is 0 Å². The summed E-state index contributed by atoms with van der Waals surface area (Å²) in [5.41, 5.74) is 3.14. The van der Waals surface area contributed by atoms with Gasteiger partial charge in [-0.05, 0) is 33.1 Å². The van der Waals surface area contributed by atoms with Crippen LogP contribution >= 0.6 is 11.3 Å². The van der Waals surface area contributed by atoms with E-state index in [0.29, 0.717) is 13.0 Å². The van der Waals surface area contributed by atoms with E-state index >= 15 is 0 Å². The van der Waals surface area contributed by atoms with Gasteiger partial charge in [-0.2, -0.15) is 0 Å². The first-order valence-electron chi connectivity index (χ1n) is 8.58. The van der Waals surface area contributed by atoms with Crippen molar-refractivity contribution in [2.45, 2.75) is 39.3 Å². The molecule has 136 valence electrons. The summed E-state index contributed by atoms with van der Waals surface area (Å²) in [6.07, 6.45) is 3.78. The molecule has 0 aromatic carbocycles. The van der Waals surface area contributed by atoms with Crippen molar-refractivity contribution in [1.82, 2.24) is 15.2 Å². The van der Waals surface area contributed by atoms with Crippen molar-refractivity contribution in [3.05, 3.63) is 41.5 Å². The number of aromatic nitrogens is 1. The number of fused-ring (bicyclic) bond motifs is 1. The van der Waals surface area contributed by atoms with Crippen LogP contribution in [0.3, 0.4) is 0 Å². The maximum atomic E-state index is 13.3. The number of alkyl halides is 1. The van der Waals surface area contributed by atoms with Crippen LogP contribution in [0.15, 0.2) is 30.9 Å². The Bertz CT molecular complexity index is 677. The molecular formula is C19H27FN4S. The first kappa shape index (κ1) is 19.4. The van der Waals surface area contributed by atoms with Gasteiger partial charge in [-0.1, -0.05) is 6.58 Å². The Labute approximate surface area is 153 Å². The van der Waals surface area contributed by atoms with Crippen LogP contribution < -0.4 is 5.32 Å². The van der Waals surface area contributed by atoms with E-state index in [2.05, 4.69) is 30.0 Å². The van der Waals surface area contributed by atoms with E-state index in [0.717, 1.165) is 58.6 Å². The second-order valence-corrected chi connectivity index (χ2v) is 7.12. The Kier molecular flexibility index (Phi) is 6.93. The number of aryl methyl sites for hydroxylation is 1. The number of hydrogen-bond donors (Lipinski definition) is 1. The second kappa shape index (κ2) is 8.94. The van der Waals surface area contributed by atoms with Crippen LogP contribution in [0.5, 0.6) is 0 Å². The van der Waals surface area contributed by atoms with Crippen LogP contribution in [0.1, 0.15) is 42.3 Å². The van der Waals surface area contributed by atoms with Crippen LogP contribution in [0, 0.1) is 0 Å². The number of allylic oxidation sites excluding steroid dienone is 1. The minimum absolute atomic E-state index is 0.458. The number of rotatable bonds is 2. The molecule has 0 amide bonds. The van der Waals surface area contributed by atoms with Crippen molar-refractivity contribution in [3.63, 3.8) is 0 Å². The van der Waals surface area contributed by atoms with Gasteiger partial charge in [0.1, 0.15) is 17.0 Å². The summed E-state index contributed by atoms with van der Waals surface area (Å²) in [5, 5.41) is 4.32. The predicted octanol–water partition coefficient (Wildman–Crippen LogP) is 4.27. The van der Waals surface area contributed by atoms with Gasteiger partial charge in [0, 0.05) is 30.6 Å². The lowest BCUT2D eigenvalue weighted by atomic mass is 10.2. The zero-order valence-electron chi connectivity index (χ0n) is 15.1. The van der Waals surface area contributed by atoms with E-state index in [1.807, 2.05) is 24.9 Å². The highest BCUT2D eigenvalue weighted by molar-refractivity contribution is 7.13. The molecule has 0 bridgehead atoms. The van der Waals surface area contributed by atoms with Crippen molar-refractivity contribution in [2.75, 3.05) is 19.6 Å². The highest BCUT2D eigenvalue weighted by atomic mass is 32.1. The standard InChI is InChI=1S/C17H23FN4S.C2H4/c1-11(9-20-13(3)22-8-6-14(18)10-22)17-21-15-5-4-7-19-12(2)16(15)23-17;1-2/h9,14,19H,2,4-8,10H2,1,3H3;1-2H2/b11-9+,20-13?;. The van der Waals surface area contributed by atoms with Crippen LogP contribution in [-0.2, 0) is 6.42 Å². The topological polar surface area (TPSA) is 40.5 Å². The van der Waals surface area contributed by atoms with Crippen molar-refractivity contribution < 1.29 is 4.39 Å². The minimum atomic E-state index is -0.724. The quantitative estimate of drug-likeness (QED) is 0.485. The zero-order chi connectivity index (χ0) is 18.4. The normalized spacial score (nSPS) is 21.2. The van der Waals surface area contributed by atoms with E-state index in [1.165, 1.54) is 0 Å². The summed E-state index contributed by atoms with van der Waals surface area (Å²) in [4.78, 5) is 12.4. The van der Waals surface area contributed by atoms with E-state index < -0.39 is 6.17 Å². The molecule has 0 aliphatic carbocycles. The SMILES string of the molecule is C=C.C=C1NCCCc2nc(/C(C)=C/N=C(C)N3CCC(F)C3)sc21. The predicted molar refractivity (Wildman–Crippen MR) is 107 cm³/mol. The van der Waals surface area contributed by atoms with Crippen LogP contribution in [-0.4, -0.2) is 41.5 Å². The molecule has 1 N–H and O–H groups in total. The van der Waals surface area contributed by atoms with Gasteiger partial charge in [-0.25, -0.2) is 14.4 Å². The number of nitrogens with zero attached hydrogens (tertiary/aromatic N) is 3. The molecule has 1 unspecified atom stereocenters. The molecule has 0 saturated carbocycles. The van der Waals surface area contributed by atoms with E-state index in [4.69, 9.17) is 4.98 Å². The lowest BCUT2D eigenvalue weighted by Gasteiger charge is -2.15. The molecule has 2 aliphatic rings. The van der Waals surface area contributed by atoms with Gasteiger partial charge < -0.3 is 10.2 Å². The smallest absolute Gasteiger partial charge is 0.121 e. The van der Waals surface area contributed by atoms with Crippen LogP contribution in [0.25, 0.3) is 11.3 Å². The fraction of sp³-hybridized carbons (Fsp3) is 0.474. The molecule has 6 heteroatoms. The molecule has 25 heavy (non-hydrogen) atoms. The van der Waals surface area contributed by atoms with Gasteiger partial charge in [-0.15, -0.1) is 24.5 Å². The van der Waals surface area contributed by atoms with Crippen molar-refractivity contribution in [1.29, 1.82) is 0 Å². The lowest BCUT2D eigenvalue weighted by Crippen LogP contribution is -2.26. The third kappa shape index (κ3) is 4.78. The highest BCUT2D eigenvalue weighted by Gasteiger charge is 2.22. The largest absolute Gasteiger partial charge is 0.384 e. The molecule has 4 nitrogen and oxygen atoms in total. The summed E-state index contributed by atoms with van der Waals surface area (Å²) in [5.74, 6) is 0.869. The molecule has 2 aliphatic heterocycles. The fourth-order valence-electron chi connectivity index (χ4n) is 2.84. The first-order valence-corrected chi connectivity index (χ1v) is 9.39. The van der Waals surface area contributed by atoms with E-state index in [1.54, 1.807) is 11.3 Å². The number of hydrogen-bond acceptors (Lipinski definition) is 4. The third-order valence-electron chi connectivity index (χ3n) is 4.27. The summed E-state index contributed by atoms with van der Waals surface area (Å²) in [7, 11) is 0. The molecule has 0 radical (unpaired) electrons. The highest BCUT2D eigenvalue weighted by Crippen LogP contribution is 2.30. The molecule has 3 heterocycles. The number of halogens is 1. The van der Waals surface area contributed by atoms with Gasteiger partial charge in [0.25, 0.3) is 0 Å². The number of amidine groups is 1. The Morgan fingerprint density at radius 1 is 1.44 bits per heavy atom. The van der Waals surface area contributed by atoms with E-state index in [9.17, 15) is 4.39 Å². The Balaban J connectivity index is 0.00000109. The maximum Gasteiger partial charge on any atom is 0.121 e. The summed E-state index contributed by atoms with van der Waals surface area (Å²) in [6.45, 7) is 16.2. The van der Waals surface area contributed by atoms with Gasteiger partial charge in [0.15, 0.2) is 0 Å². The second-order valence-electron chi connectivity index (χ2n) is 6.12. The molecule has 0 spiro atoms. The Morgan fingerprint density at radius 3 is 2.88 bits per heavy atom. The summed E-state index contributed by atoms with van der Waals surface area (Å²) >= 11 is 1.66. The molecule has 1 aromatic heterocycles. The van der Waals surface area contributed by atoms with Crippen molar-refractivity contribution in [2.24, 2.45) is 4.99 Å². The summed E-state index contributed by atoms with van der Waals surface area (Å²) < 4.78 is 13.3. The molecule has 1 atom stereocenters. The zero-order valence-corrected chi connectivity index (χ0v) is 16.0. The first-order chi connectivity index (χ1) is 12.0. The summed E-state index contributed by atoms with van der Waals surface area (Å²) in [6, 6.07) is 0. The van der Waals surface area contributed by atoms with Crippen LogP contribution in [0.4, 0.5) is 4.39 Å². The monoisotopic (exact) mass is 362 g/mol. The Hall–Kier alpha value is -1.95. The van der Waals surface area contributed by atoms with Gasteiger partial charge in [-0.3, -0.25) is 0 Å². The van der Waals surface area contributed by atoms with Gasteiger partial charge in [0.05, 0.1) is 17.1 Å². The van der Waals surface area contributed by atoms with Gasteiger partial charge in [0.2, 0.25) is 0 Å². The van der Waals surface area contributed by atoms with Gasteiger partial charge >= 0.3 is 0 Å². The molecule has 1 aromatic rings. The molecule has 1 fully saturated rings. The number of aliphatic imine (C=N–C) groups is 1. The number of nitrogens with one attached hydrogen (secondary N) is 1. The fourth-order valence-corrected chi connectivity index (χ4v) is 3.86. The van der Waals surface area contributed by atoms with Crippen molar-refractivity contribution >= 4 is 28.4 Å². The minimum Gasteiger partial charge on any atom is -0.384 e. The number of thiazole rings is 1. The lowest BCUT2D eigenvalue weighted by molar-refractivity contribution is 0.342. The van der Waals surface area contributed by atoms with Crippen LogP contribution in [0.2, 0.25) is 0 Å². The average molecular weight is 363 g/mol.